The van der Waals surface area contributed by atoms with Crippen LogP contribution in [0.15, 0.2) is 42.5 Å². The minimum atomic E-state index is -0.780. The van der Waals surface area contributed by atoms with Crippen LogP contribution in [-0.2, 0) is 4.79 Å². The Labute approximate surface area is 135 Å². The van der Waals surface area contributed by atoms with E-state index < -0.39 is 12.1 Å². The minimum Gasteiger partial charge on any atom is -0.493 e. The number of ether oxygens (including phenoxy) is 3. The molecule has 2 rings (SSSR count). The number of nitrogens with zero attached hydrogens (tertiary/aromatic N) is 1. The molecule has 2 aromatic rings. The molecule has 2 aromatic carbocycles. The largest absolute Gasteiger partial charge is 0.493 e. The van der Waals surface area contributed by atoms with Crippen LogP contribution in [0, 0.1) is 18.3 Å². The van der Waals surface area contributed by atoms with Gasteiger partial charge in [0.05, 0.1) is 18.7 Å². The van der Waals surface area contributed by atoms with Crippen LogP contribution >= 0.6 is 0 Å². The molecule has 0 aliphatic carbocycles. The molecule has 1 atom stereocenters. The third-order valence-electron chi connectivity index (χ3n) is 3.14. The zero-order chi connectivity index (χ0) is 16.8. The molecule has 118 valence electrons. The van der Waals surface area contributed by atoms with Crippen molar-refractivity contribution in [2.75, 3.05) is 7.11 Å². The number of carbonyl (C=O) groups excluding carboxylic acids is 1. The fraction of sp³-hybridized carbons (Fsp3) is 0.222. The second-order valence-corrected chi connectivity index (χ2v) is 4.98. The van der Waals surface area contributed by atoms with E-state index in [-0.39, 0.29) is 5.75 Å². The third kappa shape index (κ3) is 4.24. The first-order valence-corrected chi connectivity index (χ1v) is 7.06. The summed E-state index contributed by atoms with van der Waals surface area (Å²) < 4.78 is 16.0. The van der Waals surface area contributed by atoms with Gasteiger partial charge in [-0.1, -0.05) is 12.1 Å². The van der Waals surface area contributed by atoms with Gasteiger partial charge in [-0.05, 0) is 43.7 Å². The van der Waals surface area contributed by atoms with Gasteiger partial charge in [0.15, 0.2) is 17.6 Å². The van der Waals surface area contributed by atoms with Crippen molar-refractivity contribution in [3.8, 4) is 23.3 Å². The SMILES string of the molecule is COc1cc(C#N)ccc1OC(=O)C(C)Oc1cccc(C)c1. The van der Waals surface area contributed by atoms with E-state index in [1.807, 2.05) is 31.2 Å². The molecule has 0 saturated heterocycles. The smallest absolute Gasteiger partial charge is 0.352 e. The number of hydrogen-bond acceptors (Lipinski definition) is 5. The monoisotopic (exact) mass is 311 g/mol. The predicted octanol–water partition coefficient (Wildman–Crippen LogP) is 3.25. The number of benzene rings is 2. The molecule has 0 heterocycles. The van der Waals surface area contributed by atoms with Crippen molar-refractivity contribution in [1.82, 2.24) is 0 Å². The maximum Gasteiger partial charge on any atom is 0.352 e. The summed E-state index contributed by atoms with van der Waals surface area (Å²) >= 11 is 0. The lowest BCUT2D eigenvalue weighted by Crippen LogP contribution is -2.28. The maximum absolute atomic E-state index is 12.2. The summed E-state index contributed by atoms with van der Waals surface area (Å²) in [7, 11) is 1.44. The second kappa shape index (κ2) is 7.32. The van der Waals surface area contributed by atoms with Crippen LogP contribution in [0.4, 0.5) is 0 Å². The summed E-state index contributed by atoms with van der Waals surface area (Å²) in [6, 6.07) is 14.0. The molecule has 0 fully saturated rings. The molecular weight excluding hydrogens is 294 g/mol. The normalized spacial score (nSPS) is 11.2. The standard InChI is InChI=1S/C18H17NO4/c1-12-5-4-6-15(9-12)22-13(2)18(20)23-16-8-7-14(11-19)10-17(16)21-3/h4-10,13H,1-3H3. The maximum atomic E-state index is 12.2. The molecule has 23 heavy (non-hydrogen) atoms. The van der Waals surface area contributed by atoms with Crippen molar-refractivity contribution in [3.05, 3.63) is 53.6 Å². The number of esters is 1. The van der Waals surface area contributed by atoms with E-state index in [9.17, 15) is 4.79 Å². The molecule has 0 N–H and O–H groups in total. The Balaban J connectivity index is 2.08. The fourth-order valence-electron chi connectivity index (χ4n) is 1.95. The highest BCUT2D eigenvalue weighted by Gasteiger charge is 2.19. The molecule has 0 aromatic heterocycles. The van der Waals surface area contributed by atoms with E-state index in [0.717, 1.165) is 5.56 Å². The topological polar surface area (TPSA) is 68.5 Å². The van der Waals surface area contributed by atoms with Crippen molar-refractivity contribution in [1.29, 1.82) is 5.26 Å². The number of aryl methyl sites for hydroxylation is 1. The predicted molar refractivity (Wildman–Crippen MR) is 84.6 cm³/mol. The Kier molecular flexibility index (Phi) is 5.21. The van der Waals surface area contributed by atoms with Crippen molar-refractivity contribution >= 4 is 5.97 Å². The van der Waals surface area contributed by atoms with Gasteiger partial charge in [-0.25, -0.2) is 4.79 Å². The van der Waals surface area contributed by atoms with Gasteiger partial charge in [0.2, 0.25) is 0 Å². The van der Waals surface area contributed by atoms with Gasteiger partial charge in [-0.3, -0.25) is 0 Å². The van der Waals surface area contributed by atoms with Crippen LogP contribution in [0.25, 0.3) is 0 Å². The van der Waals surface area contributed by atoms with Crippen LogP contribution in [0.1, 0.15) is 18.1 Å². The molecule has 0 bridgehead atoms. The quantitative estimate of drug-likeness (QED) is 0.626. The summed E-state index contributed by atoms with van der Waals surface area (Å²) in [6.07, 6.45) is -0.780. The Morgan fingerprint density at radius 3 is 2.61 bits per heavy atom. The summed E-state index contributed by atoms with van der Waals surface area (Å²) in [4.78, 5) is 12.2. The average molecular weight is 311 g/mol. The fourth-order valence-corrected chi connectivity index (χ4v) is 1.95. The number of hydrogen-bond donors (Lipinski definition) is 0. The van der Waals surface area contributed by atoms with E-state index in [1.165, 1.54) is 19.2 Å². The molecular formula is C18H17NO4. The lowest BCUT2D eigenvalue weighted by atomic mass is 10.2. The molecule has 0 aliphatic rings. The summed E-state index contributed by atoms with van der Waals surface area (Å²) in [5.74, 6) is 0.618. The second-order valence-electron chi connectivity index (χ2n) is 4.98. The number of methoxy groups -OCH3 is 1. The van der Waals surface area contributed by atoms with E-state index in [4.69, 9.17) is 19.5 Å². The van der Waals surface area contributed by atoms with Gasteiger partial charge in [0.25, 0.3) is 0 Å². The van der Waals surface area contributed by atoms with Crippen molar-refractivity contribution in [2.45, 2.75) is 20.0 Å². The molecule has 1 unspecified atom stereocenters. The molecule has 0 spiro atoms. The third-order valence-corrected chi connectivity index (χ3v) is 3.14. The van der Waals surface area contributed by atoms with Crippen LogP contribution < -0.4 is 14.2 Å². The summed E-state index contributed by atoms with van der Waals surface area (Å²) in [5.41, 5.74) is 1.46. The number of nitriles is 1. The number of carbonyl (C=O) groups is 1. The van der Waals surface area contributed by atoms with E-state index in [0.29, 0.717) is 17.1 Å². The minimum absolute atomic E-state index is 0.246. The van der Waals surface area contributed by atoms with E-state index in [1.54, 1.807) is 19.1 Å². The average Bonchev–Trinajstić information content (AvgIpc) is 2.55. The lowest BCUT2D eigenvalue weighted by molar-refractivity contribution is -0.141. The summed E-state index contributed by atoms with van der Waals surface area (Å²) in [5, 5.41) is 8.87. The zero-order valence-electron chi connectivity index (χ0n) is 13.2. The summed E-state index contributed by atoms with van der Waals surface area (Å²) in [6.45, 7) is 3.55. The number of rotatable bonds is 5. The van der Waals surface area contributed by atoms with Gasteiger partial charge in [0, 0.05) is 6.07 Å². The van der Waals surface area contributed by atoms with Crippen LogP contribution in [0.5, 0.6) is 17.2 Å². The Hall–Kier alpha value is -3.00. The first-order valence-electron chi connectivity index (χ1n) is 7.06. The van der Waals surface area contributed by atoms with Crippen molar-refractivity contribution < 1.29 is 19.0 Å². The highest BCUT2D eigenvalue weighted by molar-refractivity contribution is 5.78. The van der Waals surface area contributed by atoms with Gasteiger partial charge in [-0.2, -0.15) is 5.26 Å². The van der Waals surface area contributed by atoms with Crippen LogP contribution in [0.3, 0.4) is 0 Å². The Bertz CT molecular complexity index is 749. The molecule has 0 radical (unpaired) electrons. The Morgan fingerprint density at radius 2 is 1.96 bits per heavy atom. The lowest BCUT2D eigenvalue weighted by Gasteiger charge is -2.15. The van der Waals surface area contributed by atoms with Crippen LogP contribution in [0.2, 0.25) is 0 Å². The van der Waals surface area contributed by atoms with E-state index in [2.05, 4.69) is 0 Å². The van der Waals surface area contributed by atoms with Gasteiger partial charge in [-0.15, -0.1) is 0 Å². The highest BCUT2D eigenvalue weighted by Crippen LogP contribution is 2.28. The first kappa shape index (κ1) is 16.4. The molecule has 5 heteroatoms. The molecule has 5 nitrogen and oxygen atoms in total. The van der Waals surface area contributed by atoms with Crippen molar-refractivity contribution in [3.63, 3.8) is 0 Å². The molecule has 0 amide bonds. The zero-order valence-corrected chi connectivity index (χ0v) is 13.2. The van der Waals surface area contributed by atoms with E-state index >= 15 is 0 Å². The van der Waals surface area contributed by atoms with Crippen molar-refractivity contribution in [2.24, 2.45) is 0 Å². The first-order chi connectivity index (χ1) is 11.0. The van der Waals surface area contributed by atoms with Gasteiger partial charge in [0.1, 0.15) is 5.75 Å². The molecule has 0 aliphatic heterocycles. The Morgan fingerprint density at radius 1 is 1.17 bits per heavy atom. The highest BCUT2D eigenvalue weighted by atomic mass is 16.6. The van der Waals surface area contributed by atoms with Gasteiger partial charge >= 0.3 is 5.97 Å². The van der Waals surface area contributed by atoms with Crippen LogP contribution in [-0.4, -0.2) is 19.2 Å². The van der Waals surface area contributed by atoms with Gasteiger partial charge < -0.3 is 14.2 Å². The molecule has 0 saturated carbocycles.